The Labute approximate surface area is 164 Å². The van der Waals surface area contributed by atoms with Crippen molar-refractivity contribution >= 4 is 11.7 Å². The van der Waals surface area contributed by atoms with Crippen molar-refractivity contribution in [2.45, 2.75) is 18.9 Å². The first-order chi connectivity index (χ1) is 13.7. The summed E-state index contributed by atoms with van der Waals surface area (Å²) in [5, 5.41) is 10.7. The minimum atomic E-state index is 0.0170. The summed E-state index contributed by atoms with van der Waals surface area (Å²) in [7, 11) is 1.62. The van der Waals surface area contributed by atoms with Crippen LogP contribution in [0.15, 0.2) is 60.7 Å². The van der Waals surface area contributed by atoms with Crippen LogP contribution in [-0.4, -0.2) is 42.3 Å². The van der Waals surface area contributed by atoms with Gasteiger partial charge in [-0.2, -0.15) is 5.10 Å². The third kappa shape index (κ3) is 4.01. The predicted octanol–water partition coefficient (Wildman–Crippen LogP) is 3.02. The highest BCUT2D eigenvalue weighted by Gasteiger charge is 2.26. The van der Waals surface area contributed by atoms with Gasteiger partial charge in [0.15, 0.2) is 5.82 Å². The number of aromatic amines is 1. The van der Waals surface area contributed by atoms with Crippen molar-refractivity contribution in [2.75, 3.05) is 25.1 Å². The number of hydrogen-bond acceptors (Lipinski definition) is 4. The first-order valence-corrected chi connectivity index (χ1v) is 9.50. The number of nitrogens with zero attached hydrogens (tertiary/aromatic N) is 2. The lowest BCUT2D eigenvalue weighted by atomic mass is 10.1. The van der Waals surface area contributed by atoms with Crippen LogP contribution in [0.1, 0.15) is 12.0 Å². The highest BCUT2D eigenvalue weighted by molar-refractivity contribution is 5.79. The minimum Gasteiger partial charge on any atom is -0.496 e. The molecular weight excluding hydrogens is 352 g/mol. The number of aromatic nitrogens is 2. The predicted molar refractivity (Wildman–Crippen MR) is 109 cm³/mol. The zero-order valence-corrected chi connectivity index (χ0v) is 15.9. The van der Waals surface area contributed by atoms with Crippen LogP contribution in [0.3, 0.4) is 0 Å². The van der Waals surface area contributed by atoms with Crippen molar-refractivity contribution < 1.29 is 9.53 Å². The number of nitrogens with one attached hydrogen (secondary N) is 2. The highest BCUT2D eigenvalue weighted by Crippen LogP contribution is 2.24. The van der Waals surface area contributed by atoms with E-state index in [1.807, 2.05) is 42.5 Å². The molecule has 6 nitrogen and oxygen atoms in total. The molecule has 2 heterocycles. The summed E-state index contributed by atoms with van der Waals surface area (Å²) in [5.74, 6) is 1.68. The molecule has 0 spiro atoms. The number of rotatable bonds is 6. The molecule has 1 atom stereocenters. The van der Waals surface area contributed by atoms with E-state index < -0.39 is 0 Å². The Morgan fingerprint density at radius 2 is 2.00 bits per heavy atom. The van der Waals surface area contributed by atoms with E-state index in [0.717, 1.165) is 47.9 Å². The van der Waals surface area contributed by atoms with E-state index >= 15 is 0 Å². The Kier molecular flexibility index (Phi) is 5.28. The van der Waals surface area contributed by atoms with Gasteiger partial charge in [-0.1, -0.05) is 48.5 Å². The Hall–Kier alpha value is -3.28. The highest BCUT2D eigenvalue weighted by atomic mass is 16.5. The van der Waals surface area contributed by atoms with Gasteiger partial charge in [-0.05, 0) is 18.1 Å². The second-order valence-corrected chi connectivity index (χ2v) is 6.99. The van der Waals surface area contributed by atoms with Crippen LogP contribution in [0, 0.1) is 0 Å². The van der Waals surface area contributed by atoms with Crippen molar-refractivity contribution in [3.8, 4) is 17.0 Å². The lowest BCUT2D eigenvalue weighted by Crippen LogP contribution is -2.38. The van der Waals surface area contributed by atoms with E-state index in [-0.39, 0.29) is 11.9 Å². The van der Waals surface area contributed by atoms with Crippen molar-refractivity contribution in [3.63, 3.8) is 0 Å². The average Bonchev–Trinajstić information content (AvgIpc) is 3.38. The molecule has 1 fully saturated rings. The molecule has 28 heavy (non-hydrogen) atoms. The number of carbonyl (C=O) groups is 1. The quantitative estimate of drug-likeness (QED) is 0.694. The van der Waals surface area contributed by atoms with Gasteiger partial charge in [0.25, 0.3) is 0 Å². The smallest absolute Gasteiger partial charge is 0.224 e. The number of ether oxygens (including phenoxy) is 1. The van der Waals surface area contributed by atoms with E-state index in [2.05, 4.69) is 38.6 Å². The fourth-order valence-electron chi connectivity index (χ4n) is 3.63. The van der Waals surface area contributed by atoms with Crippen molar-refractivity contribution in [1.82, 2.24) is 15.5 Å². The van der Waals surface area contributed by atoms with Crippen molar-refractivity contribution in [1.29, 1.82) is 0 Å². The molecule has 0 radical (unpaired) electrons. The number of methoxy groups -OCH3 is 1. The maximum absolute atomic E-state index is 12.5. The van der Waals surface area contributed by atoms with Crippen LogP contribution in [0.4, 0.5) is 5.82 Å². The molecule has 0 bridgehead atoms. The molecule has 4 rings (SSSR count). The van der Waals surface area contributed by atoms with Gasteiger partial charge in [-0.25, -0.2) is 0 Å². The number of amides is 1. The third-order valence-electron chi connectivity index (χ3n) is 5.07. The van der Waals surface area contributed by atoms with Gasteiger partial charge in [-0.15, -0.1) is 0 Å². The first-order valence-electron chi connectivity index (χ1n) is 9.50. The minimum absolute atomic E-state index is 0.0170. The summed E-state index contributed by atoms with van der Waals surface area (Å²) in [6.45, 7) is 1.63. The van der Waals surface area contributed by atoms with Crippen LogP contribution in [-0.2, 0) is 11.2 Å². The standard InChI is InChI=1S/C22H24N4O2/c1-28-20-10-6-5-9-17(20)13-22(27)23-18-11-12-26(15-18)21-14-19(24-25-21)16-7-3-2-4-8-16/h2-10,14,18H,11-13,15H2,1H3,(H,23,27)(H,24,25). The maximum atomic E-state index is 12.5. The molecular formula is C22H24N4O2. The Bertz CT molecular complexity index is 938. The Balaban J connectivity index is 1.34. The van der Waals surface area contributed by atoms with E-state index in [9.17, 15) is 4.79 Å². The molecule has 2 N–H and O–H groups in total. The summed E-state index contributed by atoms with van der Waals surface area (Å²) < 4.78 is 5.33. The fourth-order valence-corrected chi connectivity index (χ4v) is 3.63. The van der Waals surface area contributed by atoms with Gasteiger partial charge in [0.05, 0.1) is 19.2 Å². The van der Waals surface area contributed by atoms with Gasteiger partial charge in [0.2, 0.25) is 5.91 Å². The van der Waals surface area contributed by atoms with Gasteiger partial charge in [0.1, 0.15) is 5.75 Å². The second kappa shape index (κ2) is 8.17. The molecule has 0 saturated carbocycles. The van der Waals surface area contributed by atoms with Crippen LogP contribution in [0.5, 0.6) is 5.75 Å². The second-order valence-electron chi connectivity index (χ2n) is 6.99. The number of anilines is 1. The van der Waals surface area contributed by atoms with Gasteiger partial charge >= 0.3 is 0 Å². The number of H-pyrrole nitrogens is 1. The summed E-state index contributed by atoms with van der Waals surface area (Å²) in [6, 6.07) is 20.0. The van der Waals surface area contributed by atoms with E-state index in [1.165, 1.54) is 0 Å². The summed E-state index contributed by atoms with van der Waals surface area (Å²) in [6.07, 6.45) is 1.23. The molecule has 1 aromatic heterocycles. The molecule has 3 aromatic rings. The van der Waals surface area contributed by atoms with E-state index in [4.69, 9.17) is 4.74 Å². The molecule has 0 aliphatic carbocycles. The fraction of sp³-hybridized carbons (Fsp3) is 0.273. The van der Waals surface area contributed by atoms with Crippen LogP contribution < -0.4 is 15.0 Å². The Morgan fingerprint density at radius 1 is 1.21 bits per heavy atom. The van der Waals surface area contributed by atoms with E-state index in [0.29, 0.717) is 6.42 Å². The number of benzene rings is 2. The molecule has 1 aliphatic heterocycles. The zero-order valence-electron chi connectivity index (χ0n) is 15.9. The molecule has 1 amide bonds. The SMILES string of the molecule is COc1ccccc1CC(=O)NC1CCN(c2cc(-c3ccccc3)[nH]n2)C1. The first kappa shape index (κ1) is 18.1. The maximum Gasteiger partial charge on any atom is 0.224 e. The zero-order chi connectivity index (χ0) is 19.3. The van der Waals surface area contributed by atoms with Crippen LogP contribution in [0.2, 0.25) is 0 Å². The summed E-state index contributed by atoms with van der Waals surface area (Å²) in [4.78, 5) is 14.7. The van der Waals surface area contributed by atoms with Crippen molar-refractivity contribution in [2.24, 2.45) is 0 Å². The molecule has 1 saturated heterocycles. The molecule has 2 aromatic carbocycles. The van der Waals surface area contributed by atoms with Gasteiger partial charge in [-0.3, -0.25) is 9.89 Å². The molecule has 1 unspecified atom stereocenters. The molecule has 6 heteroatoms. The normalized spacial score (nSPS) is 16.2. The lowest BCUT2D eigenvalue weighted by molar-refractivity contribution is -0.121. The van der Waals surface area contributed by atoms with Gasteiger partial charge < -0.3 is 15.0 Å². The Morgan fingerprint density at radius 3 is 2.82 bits per heavy atom. The number of para-hydroxylation sites is 1. The topological polar surface area (TPSA) is 70.2 Å². The van der Waals surface area contributed by atoms with E-state index in [1.54, 1.807) is 7.11 Å². The third-order valence-corrected chi connectivity index (χ3v) is 5.07. The lowest BCUT2D eigenvalue weighted by Gasteiger charge is -2.16. The number of hydrogen-bond donors (Lipinski definition) is 2. The summed E-state index contributed by atoms with van der Waals surface area (Å²) >= 11 is 0. The van der Waals surface area contributed by atoms with Crippen molar-refractivity contribution in [3.05, 3.63) is 66.2 Å². The van der Waals surface area contributed by atoms with Crippen LogP contribution >= 0.6 is 0 Å². The number of carbonyl (C=O) groups excluding carboxylic acids is 1. The van der Waals surface area contributed by atoms with Gasteiger partial charge in [0, 0.05) is 30.8 Å². The average molecular weight is 376 g/mol. The molecule has 1 aliphatic rings. The molecule has 144 valence electrons. The summed E-state index contributed by atoms with van der Waals surface area (Å²) in [5.41, 5.74) is 3.01. The van der Waals surface area contributed by atoms with Crippen LogP contribution in [0.25, 0.3) is 11.3 Å². The monoisotopic (exact) mass is 376 g/mol. The largest absolute Gasteiger partial charge is 0.496 e.